The first-order chi connectivity index (χ1) is 17.0. The summed E-state index contributed by atoms with van der Waals surface area (Å²) in [6, 6.07) is 48.6. The second-order valence-corrected chi connectivity index (χ2v) is 11.8. The number of hydrogen-bond donors (Lipinski definition) is 0. The minimum Gasteiger partial charge on any atom is -1.00 e. The summed E-state index contributed by atoms with van der Waals surface area (Å²) in [4.78, 5) is 4.03. The van der Waals surface area contributed by atoms with Crippen molar-refractivity contribution in [1.82, 2.24) is 0 Å². The summed E-state index contributed by atoms with van der Waals surface area (Å²) in [5.41, 5.74) is 6.57. The molecule has 0 nitrogen and oxygen atoms in total. The number of halogens is 1. The van der Waals surface area contributed by atoms with Crippen LogP contribution in [0.1, 0.15) is 26.3 Å². The van der Waals surface area contributed by atoms with Gasteiger partial charge in [-0.25, -0.2) is 0 Å². The Bertz CT molecular complexity index is 1390. The lowest BCUT2D eigenvalue weighted by molar-refractivity contribution is -0.00000725. The first kappa shape index (κ1) is 25.8. The molecule has 180 valence electrons. The molecule has 5 aromatic carbocycles. The van der Waals surface area contributed by atoms with Gasteiger partial charge in [-0.15, -0.1) is 0 Å². The van der Waals surface area contributed by atoms with E-state index in [0.717, 1.165) is 0 Å². The molecular formula is C34H31ClS. The van der Waals surface area contributed by atoms with E-state index in [2.05, 4.69) is 154 Å². The van der Waals surface area contributed by atoms with Gasteiger partial charge in [-0.05, 0) is 58.0 Å². The molecule has 5 aromatic rings. The molecule has 0 N–H and O–H groups in total. The van der Waals surface area contributed by atoms with E-state index >= 15 is 0 Å². The largest absolute Gasteiger partial charge is 1.00 e. The summed E-state index contributed by atoms with van der Waals surface area (Å²) in [7, 11) is -0.246. The standard InChI is InChI=1S/C34H31S.ClH/c1-34(2,3)28-22-24-30(25-23-28)35(29-18-11-6-12-19-29)32-21-13-20-31(26-14-7-4-8-15-26)33(32)27-16-9-5-10-17-27;/h4-25H,1-3H3;1H/q+1;/p-1. The fourth-order valence-electron chi connectivity index (χ4n) is 4.50. The Morgan fingerprint density at radius 2 is 0.972 bits per heavy atom. The van der Waals surface area contributed by atoms with E-state index < -0.39 is 0 Å². The summed E-state index contributed by atoms with van der Waals surface area (Å²) < 4.78 is 0. The Balaban J connectivity index is 0.00000304. The van der Waals surface area contributed by atoms with Crippen molar-refractivity contribution in [2.75, 3.05) is 0 Å². The maximum atomic E-state index is 2.33. The van der Waals surface area contributed by atoms with Crippen molar-refractivity contribution in [3.63, 3.8) is 0 Å². The summed E-state index contributed by atoms with van der Waals surface area (Å²) in [6.45, 7) is 6.82. The van der Waals surface area contributed by atoms with Crippen LogP contribution in [0.3, 0.4) is 0 Å². The number of rotatable bonds is 5. The average Bonchev–Trinajstić information content (AvgIpc) is 2.90. The van der Waals surface area contributed by atoms with E-state index in [0.29, 0.717) is 0 Å². The first-order valence-corrected chi connectivity index (χ1v) is 13.4. The van der Waals surface area contributed by atoms with Gasteiger partial charge in [0.1, 0.15) is 0 Å². The smallest absolute Gasteiger partial charge is 0.174 e. The van der Waals surface area contributed by atoms with Crippen LogP contribution in [0.5, 0.6) is 0 Å². The van der Waals surface area contributed by atoms with Crippen molar-refractivity contribution in [3.8, 4) is 22.3 Å². The molecular weight excluding hydrogens is 476 g/mol. The van der Waals surface area contributed by atoms with Gasteiger partial charge in [-0.2, -0.15) is 0 Å². The van der Waals surface area contributed by atoms with Gasteiger partial charge >= 0.3 is 0 Å². The van der Waals surface area contributed by atoms with Crippen molar-refractivity contribution in [3.05, 3.63) is 139 Å². The topological polar surface area (TPSA) is 0 Å². The van der Waals surface area contributed by atoms with Crippen LogP contribution in [0.2, 0.25) is 0 Å². The van der Waals surface area contributed by atoms with Gasteiger partial charge in [-0.3, -0.25) is 0 Å². The molecule has 0 aliphatic carbocycles. The molecule has 0 aliphatic heterocycles. The third kappa shape index (κ3) is 5.43. The van der Waals surface area contributed by atoms with Crippen LogP contribution in [0.15, 0.2) is 148 Å². The Hall–Kier alpha value is -3.26. The lowest BCUT2D eigenvalue weighted by Gasteiger charge is -2.20. The minimum absolute atomic E-state index is 0. The fraction of sp³-hybridized carbons (Fsp3) is 0.118. The van der Waals surface area contributed by atoms with E-state index in [4.69, 9.17) is 0 Å². The van der Waals surface area contributed by atoms with Crippen molar-refractivity contribution >= 4 is 10.9 Å². The molecule has 0 spiro atoms. The predicted octanol–water partition coefficient (Wildman–Crippen LogP) is 6.42. The molecule has 2 heteroatoms. The molecule has 0 saturated carbocycles. The average molecular weight is 507 g/mol. The second kappa shape index (κ2) is 11.2. The third-order valence-corrected chi connectivity index (χ3v) is 8.60. The Kier molecular flexibility index (Phi) is 8.04. The van der Waals surface area contributed by atoms with Gasteiger partial charge in [0, 0.05) is 5.56 Å². The Labute approximate surface area is 224 Å². The lowest BCUT2D eigenvalue weighted by atomic mass is 9.87. The Morgan fingerprint density at radius 1 is 0.472 bits per heavy atom. The summed E-state index contributed by atoms with van der Waals surface area (Å²) in [5.74, 6) is 0. The van der Waals surface area contributed by atoms with Gasteiger partial charge in [0.25, 0.3) is 0 Å². The molecule has 5 rings (SSSR count). The Morgan fingerprint density at radius 3 is 1.53 bits per heavy atom. The summed E-state index contributed by atoms with van der Waals surface area (Å²) in [6.07, 6.45) is 0. The fourth-order valence-corrected chi connectivity index (χ4v) is 6.76. The van der Waals surface area contributed by atoms with E-state index in [1.165, 1.54) is 42.5 Å². The van der Waals surface area contributed by atoms with Gasteiger partial charge in [0.05, 0.1) is 10.9 Å². The van der Waals surface area contributed by atoms with Crippen molar-refractivity contribution < 1.29 is 12.4 Å². The monoisotopic (exact) mass is 506 g/mol. The van der Waals surface area contributed by atoms with Gasteiger partial charge < -0.3 is 12.4 Å². The van der Waals surface area contributed by atoms with E-state index in [1.54, 1.807) is 0 Å². The highest BCUT2D eigenvalue weighted by Gasteiger charge is 2.33. The first-order valence-electron chi connectivity index (χ1n) is 12.2. The minimum atomic E-state index is -0.246. The third-order valence-electron chi connectivity index (χ3n) is 6.33. The molecule has 0 aliphatic rings. The quantitative estimate of drug-likeness (QED) is 0.241. The highest BCUT2D eigenvalue weighted by atomic mass is 35.5. The maximum absolute atomic E-state index is 2.33. The van der Waals surface area contributed by atoms with Crippen LogP contribution in [0.4, 0.5) is 0 Å². The molecule has 0 heterocycles. The lowest BCUT2D eigenvalue weighted by Crippen LogP contribution is -3.00. The zero-order valence-corrected chi connectivity index (χ0v) is 22.6. The zero-order valence-electron chi connectivity index (χ0n) is 21.0. The van der Waals surface area contributed by atoms with Crippen LogP contribution in [0.25, 0.3) is 22.3 Å². The molecule has 0 fully saturated rings. The van der Waals surface area contributed by atoms with E-state index in [1.807, 2.05) is 0 Å². The molecule has 0 amide bonds. The molecule has 1 atom stereocenters. The van der Waals surface area contributed by atoms with Crippen LogP contribution in [0, 0.1) is 0 Å². The zero-order chi connectivity index (χ0) is 24.3. The highest BCUT2D eigenvalue weighted by Crippen LogP contribution is 2.42. The SMILES string of the molecule is CC(C)(C)c1ccc([S+](c2ccccc2)c2cccc(-c3ccccc3)c2-c2ccccc2)cc1.[Cl-]. The van der Waals surface area contributed by atoms with Gasteiger partial charge in [-0.1, -0.05) is 124 Å². The molecule has 0 bridgehead atoms. The second-order valence-electron chi connectivity index (χ2n) is 9.80. The van der Waals surface area contributed by atoms with Crippen molar-refractivity contribution in [1.29, 1.82) is 0 Å². The normalized spacial score (nSPS) is 12.0. The summed E-state index contributed by atoms with van der Waals surface area (Å²) >= 11 is 0. The number of hydrogen-bond acceptors (Lipinski definition) is 0. The maximum Gasteiger partial charge on any atom is 0.174 e. The highest BCUT2D eigenvalue weighted by molar-refractivity contribution is 7.97. The molecule has 0 aromatic heterocycles. The molecule has 0 radical (unpaired) electrons. The predicted molar refractivity (Wildman–Crippen MR) is 151 cm³/mol. The molecule has 0 saturated heterocycles. The van der Waals surface area contributed by atoms with Crippen LogP contribution in [-0.2, 0) is 16.3 Å². The van der Waals surface area contributed by atoms with Crippen molar-refractivity contribution in [2.45, 2.75) is 40.9 Å². The molecule has 36 heavy (non-hydrogen) atoms. The van der Waals surface area contributed by atoms with Gasteiger partial charge in [0.2, 0.25) is 0 Å². The number of benzene rings is 5. The molecule has 1 unspecified atom stereocenters. The summed E-state index contributed by atoms with van der Waals surface area (Å²) in [5, 5.41) is 0. The van der Waals surface area contributed by atoms with Crippen LogP contribution in [-0.4, -0.2) is 0 Å². The van der Waals surface area contributed by atoms with E-state index in [9.17, 15) is 0 Å². The van der Waals surface area contributed by atoms with Gasteiger partial charge in [0.15, 0.2) is 14.7 Å². The van der Waals surface area contributed by atoms with Crippen LogP contribution < -0.4 is 12.4 Å². The van der Waals surface area contributed by atoms with Crippen LogP contribution >= 0.6 is 0 Å². The van der Waals surface area contributed by atoms with E-state index in [-0.39, 0.29) is 28.7 Å². The van der Waals surface area contributed by atoms with Crippen molar-refractivity contribution in [2.24, 2.45) is 0 Å².